The Hall–Kier alpha value is -3.13. The molecule has 0 amide bonds. The van der Waals surface area contributed by atoms with E-state index in [2.05, 4.69) is 29.9 Å². The van der Waals surface area contributed by atoms with Crippen LogP contribution < -0.4 is 10.5 Å². The van der Waals surface area contributed by atoms with Gasteiger partial charge in [0.2, 0.25) is 0 Å². The zero-order valence-electron chi connectivity index (χ0n) is 15.0. The van der Waals surface area contributed by atoms with E-state index < -0.39 is 0 Å². The highest BCUT2D eigenvalue weighted by molar-refractivity contribution is 5.56. The van der Waals surface area contributed by atoms with Gasteiger partial charge in [0.1, 0.15) is 12.1 Å². The Balaban J connectivity index is 1.36. The lowest BCUT2D eigenvalue weighted by atomic mass is 10.2. The van der Waals surface area contributed by atoms with Crippen LogP contribution in [0.1, 0.15) is 0 Å². The smallest absolute Gasteiger partial charge is 0.266 e. The zero-order valence-corrected chi connectivity index (χ0v) is 15.0. The molecule has 0 aliphatic carbocycles. The van der Waals surface area contributed by atoms with Gasteiger partial charge in [-0.2, -0.15) is 5.10 Å². The predicted molar refractivity (Wildman–Crippen MR) is 102 cm³/mol. The fourth-order valence-corrected chi connectivity index (χ4v) is 3.19. The average molecular weight is 363 g/mol. The summed E-state index contributed by atoms with van der Waals surface area (Å²) in [5.74, 6) is 0.965. The Bertz CT molecular complexity index is 922. The molecular formula is C19H21N7O. The van der Waals surface area contributed by atoms with E-state index in [1.54, 1.807) is 41.7 Å². The van der Waals surface area contributed by atoms with Crippen molar-refractivity contribution < 1.29 is 0 Å². The number of aromatic nitrogens is 5. The van der Waals surface area contributed by atoms with Gasteiger partial charge in [-0.15, -0.1) is 0 Å². The third-order valence-corrected chi connectivity index (χ3v) is 4.73. The second kappa shape index (κ2) is 8.05. The minimum atomic E-state index is -0.0765. The maximum absolute atomic E-state index is 12.2. The molecule has 0 bridgehead atoms. The Kier molecular flexibility index (Phi) is 5.15. The predicted octanol–water partition coefficient (Wildman–Crippen LogP) is 0.917. The Labute approximate surface area is 157 Å². The van der Waals surface area contributed by atoms with Crippen molar-refractivity contribution in [2.24, 2.45) is 0 Å². The van der Waals surface area contributed by atoms with Gasteiger partial charge in [-0.3, -0.25) is 14.7 Å². The third-order valence-electron chi connectivity index (χ3n) is 4.73. The van der Waals surface area contributed by atoms with Gasteiger partial charge >= 0.3 is 0 Å². The van der Waals surface area contributed by atoms with E-state index in [9.17, 15) is 4.79 Å². The van der Waals surface area contributed by atoms with Gasteiger partial charge in [0.05, 0.1) is 12.2 Å². The molecule has 0 unspecified atom stereocenters. The van der Waals surface area contributed by atoms with Gasteiger partial charge in [-0.05, 0) is 24.3 Å². The van der Waals surface area contributed by atoms with E-state index in [1.165, 1.54) is 0 Å². The third kappa shape index (κ3) is 4.17. The first kappa shape index (κ1) is 17.3. The molecule has 0 aromatic carbocycles. The molecule has 4 heterocycles. The van der Waals surface area contributed by atoms with E-state index in [1.807, 2.05) is 18.2 Å². The summed E-state index contributed by atoms with van der Waals surface area (Å²) in [7, 11) is 0. The molecule has 3 aromatic heterocycles. The normalized spacial score (nSPS) is 15.0. The number of hydrogen-bond acceptors (Lipinski definition) is 7. The molecule has 1 aliphatic heterocycles. The van der Waals surface area contributed by atoms with Crippen LogP contribution in [0, 0.1) is 0 Å². The highest BCUT2D eigenvalue weighted by Crippen LogP contribution is 2.14. The van der Waals surface area contributed by atoms with Crippen molar-refractivity contribution in [2.45, 2.75) is 6.54 Å². The zero-order chi connectivity index (χ0) is 18.5. The first-order valence-electron chi connectivity index (χ1n) is 9.01. The summed E-state index contributed by atoms with van der Waals surface area (Å²) in [6.45, 7) is 5.06. The van der Waals surface area contributed by atoms with E-state index in [0.29, 0.717) is 6.54 Å². The summed E-state index contributed by atoms with van der Waals surface area (Å²) in [6, 6.07) is 9.06. The van der Waals surface area contributed by atoms with Crippen LogP contribution in [-0.2, 0) is 6.54 Å². The molecule has 1 saturated heterocycles. The molecule has 0 atom stereocenters. The quantitative estimate of drug-likeness (QED) is 0.667. The molecule has 4 rings (SSSR count). The first-order valence-corrected chi connectivity index (χ1v) is 9.01. The van der Waals surface area contributed by atoms with Crippen molar-refractivity contribution in [3.8, 4) is 11.3 Å². The van der Waals surface area contributed by atoms with Gasteiger partial charge in [0, 0.05) is 62.9 Å². The molecule has 0 saturated carbocycles. The second-order valence-corrected chi connectivity index (χ2v) is 6.41. The van der Waals surface area contributed by atoms with Gasteiger partial charge in [-0.1, -0.05) is 0 Å². The molecule has 27 heavy (non-hydrogen) atoms. The Morgan fingerprint density at radius 1 is 0.852 bits per heavy atom. The molecule has 8 heteroatoms. The molecule has 1 fully saturated rings. The monoisotopic (exact) mass is 363 g/mol. The van der Waals surface area contributed by atoms with Crippen LogP contribution in [0.5, 0.6) is 0 Å². The largest absolute Gasteiger partial charge is 0.354 e. The Morgan fingerprint density at radius 2 is 1.63 bits per heavy atom. The lowest BCUT2D eigenvalue weighted by Gasteiger charge is -2.35. The summed E-state index contributed by atoms with van der Waals surface area (Å²) in [5, 5.41) is 4.51. The van der Waals surface area contributed by atoms with Crippen LogP contribution in [-0.4, -0.2) is 62.4 Å². The summed E-state index contributed by atoms with van der Waals surface area (Å²) < 4.78 is 1.55. The van der Waals surface area contributed by atoms with Crippen molar-refractivity contribution in [3.63, 3.8) is 0 Å². The summed E-state index contributed by atoms with van der Waals surface area (Å²) in [5.41, 5.74) is 1.66. The number of anilines is 1. The fourth-order valence-electron chi connectivity index (χ4n) is 3.19. The van der Waals surface area contributed by atoms with E-state index in [4.69, 9.17) is 0 Å². The SMILES string of the molecule is O=c1ccc(-c2ccncc2)nn1CCN1CCN(c2ccncn2)CC1. The van der Waals surface area contributed by atoms with Gasteiger partial charge in [-0.25, -0.2) is 14.6 Å². The number of pyridine rings is 1. The highest BCUT2D eigenvalue weighted by atomic mass is 16.1. The van der Waals surface area contributed by atoms with Gasteiger partial charge in [0.25, 0.3) is 5.56 Å². The maximum Gasteiger partial charge on any atom is 0.266 e. The van der Waals surface area contributed by atoms with Crippen molar-refractivity contribution in [1.29, 1.82) is 0 Å². The van der Waals surface area contributed by atoms with Crippen LogP contribution in [0.4, 0.5) is 5.82 Å². The summed E-state index contributed by atoms with van der Waals surface area (Å²) >= 11 is 0. The van der Waals surface area contributed by atoms with E-state index in [0.717, 1.165) is 49.8 Å². The Morgan fingerprint density at radius 3 is 2.37 bits per heavy atom. The van der Waals surface area contributed by atoms with Crippen molar-refractivity contribution in [1.82, 2.24) is 29.6 Å². The lowest BCUT2D eigenvalue weighted by Crippen LogP contribution is -2.48. The van der Waals surface area contributed by atoms with Crippen LogP contribution in [0.3, 0.4) is 0 Å². The van der Waals surface area contributed by atoms with E-state index >= 15 is 0 Å². The van der Waals surface area contributed by atoms with Crippen molar-refractivity contribution in [2.75, 3.05) is 37.6 Å². The molecule has 3 aromatic rings. The minimum Gasteiger partial charge on any atom is -0.354 e. The van der Waals surface area contributed by atoms with Crippen LogP contribution in [0.2, 0.25) is 0 Å². The molecule has 8 nitrogen and oxygen atoms in total. The summed E-state index contributed by atoms with van der Waals surface area (Å²) in [4.78, 5) is 29.1. The molecule has 0 N–H and O–H groups in total. The average Bonchev–Trinajstić information content (AvgIpc) is 2.75. The molecule has 1 aliphatic rings. The van der Waals surface area contributed by atoms with Crippen molar-refractivity contribution in [3.05, 3.63) is 65.6 Å². The minimum absolute atomic E-state index is 0.0765. The highest BCUT2D eigenvalue weighted by Gasteiger charge is 2.18. The first-order chi connectivity index (χ1) is 13.3. The van der Waals surface area contributed by atoms with Crippen molar-refractivity contribution >= 4 is 5.82 Å². The topological polar surface area (TPSA) is 80.0 Å². The molecule has 0 spiro atoms. The van der Waals surface area contributed by atoms with Crippen LogP contribution in [0.25, 0.3) is 11.3 Å². The van der Waals surface area contributed by atoms with E-state index in [-0.39, 0.29) is 5.56 Å². The second-order valence-electron chi connectivity index (χ2n) is 6.41. The molecule has 0 radical (unpaired) electrons. The molecular weight excluding hydrogens is 342 g/mol. The standard InChI is InChI=1S/C19H21N7O/c27-19-2-1-17(16-3-6-20-7-4-16)23-26(19)14-11-24-9-12-25(13-10-24)18-5-8-21-15-22-18/h1-8,15H,9-14H2. The number of hydrogen-bond donors (Lipinski definition) is 0. The number of rotatable bonds is 5. The number of piperazine rings is 1. The van der Waals surface area contributed by atoms with Gasteiger partial charge in [0.15, 0.2) is 0 Å². The van der Waals surface area contributed by atoms with Gasteiger partial charge < -0.3 is 4.90 Å². The maximum atomic E-state index is 12.2. The van der Waals surface area contributed by atoms with Crippen LogP contribution >= 0.6 is 0 Å². The van der Waals surface area contributed by atoms with Crippen LogP contribution in [0.15, 0.2) is 60.0 Å². The summed E-state index contributed by atoms with van der Waals surface area (Å²) in [6.07, 6.45) is 6.80. The molecule has 138 valence electrons. The number of nitrogens with zero attached hydrogens (tertiary/aromatic N) is 7. The fraction of sp³-hybridized carbons (Fsp3) is 0.316. The lowest BCUT2D eigenvalue weighted by molar-refractivity contribution is 0.242.